The van der Waals surface area contributed by atoms with Crippen LogP contribution in [0.2, 0.25) is 0 Å². The van der Waals surface area contributed by atoms with Gasteiger partial charge < -0.3 is 9.47 Å². The molecule has 3 rings (SSSR count). The molecule has 0 radical (unpaired) electrons. The second-order valence-electron chi connectivity index (χ2n) is 4.90. The van der Waals surface area contributed by atoms with Gasteiger partial charge in [0.05, 0.1) is 18.5 Å². The fraction of sp³-hybridized carbons (Fsp3) is 0.294. The van der Waals surface area contributed by atoms with Gasteiger partial charge in [-0.1, -0.05) is 6.92 Å². The first-order chi connectivity index (χ1) is 11.3. The zero-order valence-electron chi connectivity index (χ0n) is 13.2. The normalized spacial score (nSPS) is 11.0. The Morgan fingerprint density at radius 1 is 1.09 bits per heavy atom. The van der Waals surface area contributed by atoms with Gasteiger partial charge in [0.2, 0.25) is 0 Å². The van der Waals surface area contributed by atoms with Crippen molar-refractivity contribution in [3.63, 3.8) is 0 Å². The van der Waals surface area contributed by atoms with E-state index < -0.39 is 0 Å². The zero-order valence-corrected chi connectivity index (χ0v) is 14.0. The summed E-state index contributed by atoms with van der Waals surface area (Å²) in [7, 11) is 1.66. The van der Waals surface area contributed by atoms with Crippen LogP contribution in [0.3, 0.4) is 0 Å². The first-order valence-electron chi connectivity index (χ1n) is 7.51. The van der Waals surface area contributed by atoms with E-state index >= 15 is 0 Å². The molecule has 0 atom stereocenters. The van der Waals surface area contributed by atoms with Crippen LogP contribution >= 0.6 is 11.8 Å². The van der Waals surface area contributed by atoms with Gasteiger partial charge in [0.25, 0.3) is 0 Å². The van der Waals surface area contributed by atoms with E-state index in [1.54, 1.807) is 18.9 Å². The molecule has 0 unspecified atom stereocenters. The number of benzene rings is 1. The van der Waals surface area contributed by atoms with E-state index in [1.807, 2.05) is 47.1 Å². The lowest BCUT2D eigenvalue weighted by atomic mass is 10.2. The summed E-state index contributed by atoms with van der Waals surface area (Å²) in [6.45, 7) is 3.25. The van der Waals surface area contributed by atoms with Gasteiger partial charge in [-0.3, -0.25) is 0 Å². The van der Waals surface area contributed by atoms with Crippen molar-refractivity contribution in [3.8, 4) is 17.0 Å². The molecule has 1 aromatic carbocycles. The van der Waals surface area contributed by atoms with Crippen molar-refractivity contribution in [1.29, 1.82) is 0 Å². The third-order valence-electron chi connectivity index (χ3n) is 3.29. The molecular weight excluding hydrogens is 310 g/mol. The maximum atomic E-state index is 5.57. The minimum Gasteiger partial charge on any atom is -0.491 e. The molecule has 0 spiro atoms. The minimum absolute atomic E-state index is 0.548. The van der Waals surface area contributed by atoms with Gasteiger partial charge in [-0.25, -0.2) is 9.50 Å². The van der Waals surface area contributed by atoms with Crippen LogP contribution in [0.5, 0.6) is 5.75 Å². The van der Waals surface area contributed by atoms with Gasteiger partial charge in [0.15, 0.2) is 5.65 Å². The Kier molecular flexibility index (Phi) is 5.15. The third-order valence-corrected chi connectivity index (χ3v) is 4.10. The first kappa shape index (κ1) is 15.8. The molecule has 0 fully saturated rings. The average Bonchev–Trinajstić information content (AvgIpc) is 2.99. The van der Waals surface area contributed by atoms with Crippen LogP contribution in [0.1, 0.15) is 6.92 Å². The smallest absolute Gasteiger partial charge is 0.154 e. The Morgan fingerprint density at radius 3 is 2.65 bits per heavy atom. The van der Waals surface area contributed by atoms with Gasteiger partial charge in [-0.15, -0.1) is 11.8 Å². The van der Waals surface area contributed by atoms with Crippen LogP contribution < -0.4 is 4.74 Å². The van der Waals surface area contributed by atoms with Gasteiger partial charge in [-0.05, 0) is 42.2 Å². The number of hydrogen-bond acceptors (Lipinski definition) is 5. The molecule has 120 valence electrons. The molecule has 0 bridgehead atoms. The molecule has 0 saturated carbocycles. The lowest BCUT2D eigenvalue weighted by Crippen LogP contribution is -2.03. The Balaban J connectivity index is 1.79. The average molecular weight is 329 g/mol. The van der Waals surface area contributed by atoms with Crippen molar-refractivity contribution < 1.29 is 9.47 Å². The van der Waals surface area contributed by atoms with E-state index in [0.29, 0.717) is 13.2 Å². The standard InChI is InChI=1S/C17H19N3O2S/c1-3-23-17-9-8-16-18-15(12-20(16)19-17)13-4-6-14(7-5-13)22-11-10-21-2/h4-9,12H,3,10-11H2,1-2H3. The van der Waals surface area contributed by atoms with Crippen LogP contribution in [-0.2, 0) is 4.74 Å². The highest BCUT2D eigenvalue weighted by Gasteiger charge is 2.06. The van der Waals surface area contributed by atoms with Crippen LogP contribution in [0.25, 0.3) is 16.9 Å². The molecule has 0 aliphatic rings. The van der Waals surface area contributed by atoms with Gasteiger partial charge in [0, 0.05) is 12.7 Å². The van der Waals surface area contributed by atoms with Crippen LogP contribution in [0, 0.1) is 0 Å². The molecule has 0 saturated heterocycles. The van der Waals surface area contributed by atoms with Crippen molar-refractivity contribution in [1.82, 2.24) is 14.6 Å². The molecule has 3 aromatic rings. The number of nitrogens with zero attached hydrogens (tertiary/aromatic N) is 3. The number of aromatic nitrogens is 3. The second-order valence-corrected chi connectivity index (χ2v) is 6.18. The molecule has 2 heterocycles. The number of fused-ring (bicyclic) bond motifs is 1. The van der Waals surface area contributed by atoms with E-state index in [-0.39, 0.29) is 0 Å². The highest BCUT2D eigenvalue weighted by molar-refractivity contribution is 7.99. The lowest BCUT2D eigenvalue weighted by Gasteiger charge is -2.05. The Morgan fingerprint density at radius 2 is 1.91 bits per heavy atom. The number of imidazole rings is 1. The van der Waals surface area contributed by atoms with E-state index in [9.17, 15) is 0 Å². The lowest BCUT2D eigenvalue weighted by molar-refractivity contribution is 0.146. The molecule has 0 aliphatic heterocycles. The summed E-state index contributed by atoms with van der Waals surface area (Å²) in [6, 6.07) is 11.9. The maximum absolute atomic E-state index is 5.57. The maximum Gasteiger partial charge on any atom is 0.154 e. The van der Waals surface area contributed by atoms with Gasteiger partial charge in [-0.2, -0.15) is 5.10 Å². The SMILES string of the molecule is CCSc1ccc2nc(-c3ccc(OCCOC)cc3)cn2n1. The summed E-state index contributed by atoms with van der Waals surface area (Å²) in [5.41, 5.74) is 2.79. The fourth-order valence-corrected chi connectivity index (χ4v) is 2.80. The summed E-state index contributed by atoms with van der Waals surface area (Å²) < 4.78 is 12.4. The van der Waals surface area contributed by atoms with Gasteiger partial charge in [0.1, 0.15) is 17.4 Å². The number of rotatable bonds is 7. The molecule has 6 heteroatoms. The summed E-state index contributed by atoms with van der Waals surface area (Å²) in [5, 5.41) is 5.56. The highest BCUT2D eigenvalue weighted by Crippen LogP contribution is 2.23. The monoisotopic (exact) mass is 329 g/mol. The van der Waals surface area contributed by atoms with Gasteiger partial charge >= 0.3 is 0 Å². The molecule has 2 aromatic heterocycles. The summed E-state index contributed by atoms with van der Waals surface area (Å²) >= 11 is 1.72. The number of ether oxygens (including phenoxy) is 2. The molecular formula is C17H19N3O2S. The predicted octanol–water partition coefficient (Wildman–Crippen LogP) is 3.53. The quantitative estimate of drug-likeness (QED) is 0.490. The molecule has 0 aliphatic carbocycles. The zero-order chi connectivity index (χ0) is 16.1. The van der Waals surface area contributed by atoms with Crippen LogP contribution in [0.15, 0.2) is 47.6 Å². The fourth-order valence-electron chi connectivity index (χ4n) is 2.19. The van der Waals surface area contributed by atoms with Crippen molar-refractivity contribution in [2.75, 3.05) is 26.1 Å². The molecule has 0 N–H and O–H groups in total. The van der Waals surface area contributed by atoms with Crippen molar-refractivity contribution in [3.05, 3.63) is 42.6 Å². The largest absolute Gasteiger partial charge is 0.491 e. The highest BCUT2D eigenvalue weighted by atomic mass is 32.2. The summed E-state index contributed by atoms with van der Waals surface area (Å²) in [6.07, 6.45) is 1.95. The third kappa shape index (κ3) is 3.83. The summed E-state index contributed by atoms with van der Waals surface area (Å²) in [5.74, 6) is 1.83. The van der Waals surface area contributed by atoms with Crippen LogP contribution in [0.4, 0.5) is 0 Å². The van der Waals surface area contributed by atoms with E-state index in [0.717, 1.165) is 33.4 Å². The predicted molar refractivity (Wildman–Crippen MR) is 92.2 cm³/mol. The Labute approximate surface area is 139 Å². The van der Waals surface area contributed by atoms with Crippen molar-refractivity contribution >= 4 is 17.4 Å². The van der Waals surface area contributed by atoms with E-state index in [1.165, 1.54) is 0 Å². The van der Waals surface area contributed by atoms with E-state index in [2.05, 4.69) is 17.0 Å². The topological polar surface area (TPSA) is 48.7 Å². The number of thioether (sulfide) groups is 1. The number of methoxy groups -OCH3 is 1. The Bertz CT molecular complexity index is 771. The molecule has 5 nitrogen and oxygen atoms in total. The minimum atomic E-state index is 0.548. The molecule has 23 heavy (non-hydrogen) atoms. The number of hydrogen-bond donors (Lipinski definition) is 0. The van der Waals surface area contributed by atoms with Crippen molar-refractivity contribution in [2.45, 2.75) is 11.9 Å². The van der Waals surface area contributed by atoms with Crippen LogP contribution in [-0.4, -0.2) is 40.7 Å². The van der Waals surface area contributed by atoms with Crippen molar-refractivity contribution in [2.24, 2.45) is 0 Å². The molecule has 0 amide bonds. The van der Waals surface area contributed by atoms with E-state index in [4.69, 9.17) is 9.47 Å². The first-order valence-corrected chi connectivity index (χ1v) is 8.50. The Hall–Kier alpha value is -2.05. The summed E-state index contributed by atoms with van der Waals surface area (Å²) in [4.78, 5) is 4.62. The second kappa shape index (κ2) is 7.48.